The zero-order chi connectivity index (χ0) is 9.30. The maximum absolute atomic E-state index is 2.90. The second kappa shape index (κ2) is 0.398. The molecule has 0 aliphatic carbocycles. The molecule has 82 valence electrons. The van der Waals surface area contributed by atoms with Gasteiger partial charge in [0.05, 0.1) is 0 Å². The van der Waals surface area contributed by atoms with Crippen LogP contribution in [0, 0.1) is 5.92 Å². The van der Waals surface area contributed by atoms with E-state index in [1.54, 1.807) is 40.6 Å². The Bertz CT molecular complexity index is 812. The molecule has 0 aromatic rings. The van der Waals surface area contributed by atoms with Crippen molar-refractivity contribution in [2.45, 2.75) is 64.9 Å². The van der Waals surface area contributed by atoms with Gasteiger partial charge in [-0.1, -0.05) is 0 Å². The summed E-state index contributed by atoms with van der Waals surface area (Å²) >= 11 is 0. The van der Waals surface area contributed by atoms with Crippen LogP contribution in [0.2, 0.25) is 44.6 Å². The van der Waals surface area contributed by atoms with Gasteiger partial charge in [0, 0.05) is 0 Å². The van der Waals surface area contributed by atoms with Crippen LogP contribution in [0.15, 0.2) is 0 Å². The van der Waals surface area contributed by atoms with E-state index in [1.807, 2.05) is 0 Å². The van der Waals surface area contributed by atoms with E-state index in [4.69, 9.17) is 0 Å². The predicted molar refractivity (Wildman–Crippen MR) is 55.9 cm³/mol. The summed E-state index contributed by atoms with van der Waals surface area (Å²) in [6.07, 6.45) is 1.54. The van der Waals surface area contributed by atoms with Gasteiger partial charge in [0.2, 0.25) is 0 Å². The summed E-state index contributed by atoms with van der Waals surface area (Å²) in [4.78, 5) is 0. The fourth-order valence-corrected chi connectivity index (χ4v) is 154. The molecule has 1 heteroatoms. The van der Waals surface area contributed by atoms with Crippen molar-refractivity contribution in [1.82, 2.24) is 0 Å². The van der Waals surface area contributed by atoms with E-state index < -0.39 is 7.72 Å². The molecule has 0 nitrogen and oxygen atoms in total. The van der Waals surface area contributed by atoms with E-state index in [9.17, 15) is 0 Å². The Labute approximate surface area is 78.5 Å². The molecule has 10 aliphatic rings. The van der Waals surface area contributed by atoms with Gasteiger partial charge in [0.25, 0.3) is 0 Å². The van der Waals surface area contributed by atoms with E-state index in [0.717, 1.165) is 0 Å². The van der Waals surface area contributed by atoms with Crippen LogP contribution in [0.5, 0.6) is 0 Å². The number of rotatable bonds is 2. The van der Waals surface area contributed by atoms with Gasteiger partial charge in [0.15, 0.2) is 0 Å². The van der Waals surface area contributed by atoms with Crippen LogP contribution in [0.3, 0.4) is 0 Å². The predicted octanol–water partition coefficient (Wildman–Crippen LogP) is 4.79. The molecule has 0 N–H and O–H groups in total. The molecule has 10 rings (SSSR count). The fraction of sp³-hybridized carbons (Fsp3) is 1.00. The average Bonchev–Trinajstić information content (AvgIpc) is 3.18. The number of fused-ring (bicyclic) bond motifs is 10. The second-order valence-electron chi connectivity index (χ2n) is 11.0. The van der Waals surface area contributed by atoms with Gasteiger partial charge in [-0.15, -0.1) is 0 Å². The van der Waals surface area contributed by atoms with Crippen LogP contribution in [0.25, 0.3) is 0 Å². The zero-order valence-electron chi connectivity index (χ0n) is 9.33. The second-order valence-corrected chi connectivity index (χ2v) is 48.2. The molecule has 10 heterocycles. The maximum atomic E-state index is 2.69. The first-order valence-electron chi connectivity index (χ1n) is 7.24. The summed E-state index contributed by atoms with van der Waals surface area (Å²) in [6, 6.07) is 0. The Morgan fingerprint density at radius 1 is 0.933 bits per heavy atom. The standard InChI is InChI=1S/C9H13.C5H5.Ru/c1-3-8(2)9-6-4-5-7-9;1-2-4-5-3-1;/h4-8H,3H2,1-2H3;1-5H;. The van der Waals surface area contributed by atoms with Gasteiger partial charge >= 0.3 is 78.5 Å². The monoisotopic (exact) mass is 288 g/mol. The third-order valence-electron chi connectivity index (χ3n) is 16.1. The minimum absolute atomic E-state index is 1.19. The summed E-state index contributed by atoms with van der Waals surface area (Å²) in [6.45, 7) is 5.19. The molecule has 15 heavy (non-hydrogen) atoms. The van der Waals surface area contributed by atoms with Gasteiger partial charge < -0.3 is 0 Å². The summed E-state index contributed by atoms with van der Waals surface area (Å²) in [7, 11) is -2.90. The Morgan fingerprint density at radius 3 is 1.60 bits per heavy atom. The van der Waals surface area contributed by atoms with E-state index in [0.29, 0.717) is 0 Å². The summed E-state index contributed by atoms with van der Waals surface area (Å²) in [5.41, 5.74) is 0. The van der Waals surface area contributed by atoms with Crippen molar-refractivity contribution in [2.75, 3.05) is 0 Å². The quantitative estimate of drug-likeness (QED) is 0.640. The topological polar surface area (TPSA) is 0 Å². The molecule has 0 aromatic carbocycles. The third-order valence-corrected chi connectivity index (χ3v) is 83.6. The van der Waals surface area contributed by atoms with Crippen LogP contribution in [0.1, 0.15) is 20.3 Å². The van der Waals surface area contributed by atoms with Crippen LogP contribution in [0.4, 0.5) is 0 Å². The van der Waals surface area contributed by atoms with Crippen LogP contribution >= 0.6 is 0 Å². The van der Waals surface area contributed by atoms with Gasteiger partial charge in [-0.3, -0.25) is 0 Å². The van der Waals surface area contributed by atoms with E-state index in [-0.39, 0.29) is 0 Å². The first kappa shape index (κ1) is 5.51. The minimum atomic E-state index is -2.90. The van der Waals surface area contributed by atoms with Crippen LogP contribution in [-0.4, -0.2) is 0 Å². The first-order chi connectivity index (χ1) is 7.03. The number of hydrogen-bond donors (Lipinski definition) is 0. The van der Waals surface area contributed by atoms with Gasteiger partial charge in [0.1, 0.15) is 0 Å². The first-order valence-corrected chi connectivity index (χ1v) is 17.1. The molecule has 0 saturated carbocycles. The Balaban J connectivity index is 1.77. The molecular weight excluding hydrogens is 269 g/mol. The zero-order valence-corrected chi connectivity index (χ0v) is 11.1. The van der Waals surface area contributed by atoms with Crippen molar-refractivity contribution in [3.63, 3.8) is 0 Å². The molecule has 5 unspecified atom stereocenters. The molecule has 10 fully saturated rings. The van der Waals surface area contributed by atoms with Crippen molar-refractivity contribution in [3.05, 3.63) is 0 Å². The van der Waals surface area contributed by atoms with Crippen molar-refractivity contribution in [1.29, 1.82) is 0 Å². The van der Waals surface area contributed by atoms with Gasteiger partial charge in [-0.2, -0.15) is 0 Å². The Kier molecular flexibility index (Phi) is 0.146. The molecule has 10 aliphatic heterocycles. The van der Waals surface area contributed by atoms with Crippen molar-refractivity contribution in [3.8, 4) is 0 Å². The third kappa shape index (κ3) is 0.0474. The molecule has 0 bridgehead atoms. The summed E-state index contributed by atoms with van der Waals surface area (Å²) < 4.78 is 15.3. The molecule has 0 radical (unpaired) electrons. The SMILES string of the molecule is CCC(C)[C]12[CH]3[CH]4[CH]5[CH]1[Ru]45321678[CH]2[CH]1[CH]6[CH]7[CH]28. The molecule has 10 saturated heterocycles. The molecule has 5 atom stereocenters. The van der Waals surface area contributed by atoms with Crippen molar-refractivity contribution < 1.29 is 7.72 Å². The van der Waals surface area contributed by atoms with Gasteiger partial charge in [-0.25, -0.2) is 0 Å². The normalized spacial score (nSPS) is 136. The Hall–Kier alpha value is 0.623. The molecule has 0 amide bonds. The Morgan fingerprint density at radius 2 is 1.40 bits per heavy atom. The molecule has 1 spiro atoms. The summed E-state index contributed by atoms with van der Waals surface area (Å²) in [5, 5.41) is 0. The van der Waals surface area contributed by atoms with Crippen molar-refractivity contribution >= 4 is 0 Å². The van der Waals surface area contributed by atoms with E-state index >= 15 is 0 Å². The fourth-order valence-electron chi connectivity index (χ4n) is 18.1. The number of hydrogen-bond acceptors (Lipinski definition) is 0. The van der Waals surface area contributed by atoms with E-state index in [1.165, 1.54) is 16.3 Å². The van der Waals surface area contributed by atoms with Crippen LogP contribution in [-0.2, 0) is 7.72 Å². The van der Waals surface area contributed by atoms with Crippen molar-refractivity contribution in [2.24, 2.45) is 5.92 Å². The van der Waals surface area contributed by atoms with E-state index in [2.05, 4.69) is 13.8 Å². The van der Waals surface area contributed by atoms with Gasteiger partial charge in [-0.05, 0) is 0 Å². The van der Waals surface area contributed by atoms with Crippen LogP contribution < -0.4 is 0 Å². The summed E-state index contributed by atoms with van der Waals surface area (Å²) in [5.74, 6) is 1.19. The molecular formula is C14H18Ru. The molecule has 0 aromatic heterocycles. The average molecular weight is 287 g/mol.